The van der Waals surface area contributed by atoms with E-state index in [9.17, 15) is 9.59 Å². The second-order valence-corrected chi connectivity index (χ2v) is 4.23. The van der Waals surface area contributed by atoms with Crippen LogP contribution >= 0.6 is 0 Å². The summed E-state index contributed by atoms with van der Waals surface area (Å²) in [6, 6.07) is 5.44. The number of carboxylic acid groups (broad SMARTS) is 1. The lowest BCUT2D eigenvalue weighted by atomic mass is 10.1. The number of pyridine rings is 1. The van der Waals surface area contributed by atoms with Crippen molar-refractivity contribution in [3.63, 3.8) is 0 Å². The molecule has 0 aliphatic heterocycles. The molecule has 1 amide bonds. The first-order valence-electron chi connectivity index (χ1n) is 5.99. The Balaban J connectivity index is 2.16. The van der Waals surface area contributed by atoms with Crippen molar-refractivity contribution in [1.82, 2.24) is 10.3 Å². The SMILES string of the molecule is CC(CCCNC(=O)Cc1ccccn1)C(=O)O. The maximum Gasteiger partial charge on any atom is 0.306 e. The lowest BCUT2D eigenvalue weighted by Crippen LogP contribution is -2.27. The molecule has 0 aromatic carbocycles. The van der Waals surface area contributed by atoms with E-state index in [4.69, 9.17) is 5.11 Å². The second-order valence-electron chi connectivity index (χ2n) is 4.23. The van der Waals surface area contributed by atoms with Crippen molar-refractivity contribution in [2.24, 2.45) is 5.92 Å². The van der Waals surface area contributed by atoms with Crippen LogP contribution in [0.25, 0.3) is 0 Å². The topological polar surface area (TPSA) is 79.3 Å². The van der Waals surface area contributed by atoms with E-state index in [2.05, 4.69) is 10.3 Å². The fraction of sp³-hybridized carbons (Fsp3) is 0.462. The van der Waals surface area contributed by atoms with Gasteiger partial charge in [0, 0.05) is 18.4 Å². The Morgan fingerprint density at radius 2 is 2.22 bits per heavy atom. The molecule has 1 rings (SSSR count). The van der Waals surface area contributed by atoms with E-state index in [0.717, 1.165) is 5.69 Å². The molecule has 5 heteroatoms. The molecule has 2 N–H and O–H groups in total. The lowest BCUT2D eigenvalue weighted by molar-refractivity contribution is -0.141. The Bertz CT molecular complexity index is 392. The first kappa shape index (κ1) is 14.2. The van der Waals surface area contributed by atoms with Gasteiger partial charge in [-0.05, 0) is 25.0 Å². The minimum Gasteiger partial charge on any atom is -0.481 e. The molecular formula is C13H18N2O3. The monoisotopic (exact) mass is 250 g/mol. The molecule has 5 nitrogen and oxygen atoms in total. The zero-order valence-corrected chi connectivity index (χ0v) is 10.4. The van der Waals surface area contributed by atoms with Gasteiger partial charge in [0.1, 0.15) is 0 Å². The molecular weight excluding hydrogens is 232 g/mol. The zero-order chi connectivity index (χ0) is 13.4. The summed E-state index contributed by atoms with van der Waals surface area (Å²) in [7, 11) is 0. The summed E-state index contributed by atoms with van der Waals surface area (Å²) in [5.74, 6) is -1.25. The van der Waals surface area contributed by atoms with Crippen molar-refractivity contribution in [1.29, 1.82) is 0 Å². The van der Waals surface area contributed by atoms with Crippen LogP contribution < -0.4 is 5.32 Å². The predicted molar refractivity (Wildman–Crippen MR) is 67.0 cm³/mol. The van der Waals surface area contributed by atoms with E-state index in [-0.39, 0.29) is 18.2 Å². The van der Waals surface area contributed by atoms with Gasteiger partial charge in [0.15, 0.2) is 0 Å². The molecule has 0 bridgehead atoms. The summed E-state index contributed by atoms with van der Waals surface area (Å²) in [6.45, 7) is 2.17. The fourth-order valence-electron chi connectivity index (χ4n) is 1.49. The first-order chi connectivity index (χ1) is 8.59. The highest BCUT2D eigenvalue weighted by Crippen LogP contribution is 2.04. The third kappa shape index (κ3) is 5.43. The van der Waals surface area contributed by atoms with Crippen LogP contribution in [0.2, 0.25) is 0 Å². The van der Waals surface area contributed by atoms with Gasteiger partial charge in [0.05, 0.1) is 12.3 Å². The predicted octanol–water partition coefficient (Wildman–Crippen LogP) is 1.24. The van der Waals surface area contributed by atoms with E-state index in [1.54, 1.807) is 25.3 Å². The van der Waals surface area contributed by atoms with E-state index in [1.165, 1.54) is 0 Å². The van der Waals surface area contributed by atoms with E-state index >= 15 is 0 Å². The van der Waals surface area contributed by atoms with Gasteiger partial charge in [-0.1, -0.05) is 13.0 Å². The number of nitrogens with zero attached hydrogens (tertiary/aromatic N) is 1. The van der Waals surface area contributed by atoms with Crippen molar-refractivity contribution in [3.05, 3.63) is 30.1 Å². The van der Waals surface area contributed by atoms with Gasteiger partial charge in [-0.25, -0.2) is 0 Å². The number of nitrogens with one attached hydrogen (secondary N) is 1. The Labute approximate surface area is 106 Å². The van der Waals surface area contributed by atoms with Crippen LogP contribution in [0.15, 0.2) is 24.4 Å². The van der Waals surface area contributed by atoms with Gasteiger partial charge in [-0.3, -0.25) is 14.6 Å². The first-order valence-corrected chi connectivity index (χ1v) is 5.99. The molecule has 0 radical (unpaired) electrons. The van der Waals surface area contributed by atoms with Gasteiger partial charge in [0.2, 0.25) is 5.91 Å². The van der Waals surface area contributed by atoms with Crippen molar-refractivity contribution < 1.29 is 14.7 Å². The van der Waals surface area contributed by atoms with Crippen LogP contribution in [-0.2, 0) is 16.0 Å². The minimum atomic E-state index is -0.796. The number of carbonyl (C=O) groups excluding carboxylic acids is 1. The van der Waals surface area contributed by atoms with Crippen LogP contribution in [0, 0.1) is 5.92 Å². The summed E-state index contributed by atoms with van der Waals surface area (Å²) in [4.78, 5) is 26.2. The highest BCUT2D eigenvalue weighted by molar-refractivity contribution is 5.78. The van der Waals surface area contributed by atoms with Crippen molar-refractivity contribution in [2.45, 2.75) is 26.2 Å². The number of carbonyl (C=O) groups is 2. The second kappa shape index (κ2) is 7.42. The normalized spacial score (nSPS) is 11.8. The third-order valence-electron chi connectivity index (χ3n) is 2.63. The molecule has 0 spiro atoms. The van der Waals surface area contributed by atoms with E-state index in [1.807, 2.05) is 6.07 Å². The number of aromatic nitrogens is 1. The number of aliphatic carboxylic acids is 1. The standard InChI is InChI=1S/C13H18N2O3/c1-10(13(17)18)5-4-8-15-12(16)9-11-6-2-3-7-14-11/h2-3,6-7,10H,4-5,8-9H2,1H3,(H,15,16)(H,17,18). The van der Waals surface area contributed by atoms with Gasteiger partial charge >= 0.3 is 5.97 Å². The molecule has 1 unspecified atom stereocenters. The molecule has 0 saturated heterocycles. The highest BCUT2D eigenvalue weighted by atomic mass is 16.4. The Hall–Kier alpha value is -1.91. The molecule has 1 aromatic rings. The number of carboxylic acids is 1. The van der Waals surface area contributed by atoms with Crippen molar-refractivity contribution >= 4 is 11.9 Å². The van der Waals surface area contributed by atoms with Gasteiger partial charge in [-0.2, -0.15) is 0 Å². The smallest absolute Gasteiger partial charge is 0.306 e. The number of hydrogen-bond donors (Lipinski definition) is 2. The number of rotatable bonds is 7. The molecule has 0 saturated carbocycles. The third-order valence-corrected chi connectivity index (χ3v) is 2.63. The fourth-order valence-corrected chi connectivity index (χ4v) is 1.49. The van der Waals surface area contributed by atoms with Crippen LogP contribution in [0.4, 0.5) is 0 Å². The minimum absolute atomic E-state index is 0.0864. The largest absolute Gasteiger partial charge is 0.481 e. The van der Waals surface area contributed by atoms with Crippen molar-refractivity contribution in [3.8, 4) is 0 Å². The quantitative estimate of drug-likeness (QED) is 0.714. The Morgan fingerprint density at radius 3 is 2.83 bits per heavy atom. The number of amides is 1. The Kier molecular flexibility index (Phi) is 5.84. The average Bonchev–Trinajstić information content (AvgIpc) is 2.35. The summed E-state index contributed by atoms with van der Waals surface area (Å²) in [6.07, 6.45) is 3.15. The van der Waals surface area contributed by atoms with E-state index in [0.29, 0.717) is 19.4 Å². The molecule has 1 atom stereocenters. The van der Waals surface area contributed by atoms with Crippen LogP contribution in [0.1, 0.15) is 25.5 Å². The van der Waals surface area contributed by atoms with Crippen LogP contribution in [-0.4, -0.2) is 28.5 Å². The number of hydrogen-bond acceptors (Lipinski definition) is 3. The van der Waals surface area contributed by atoms with Gasteiger partial charge in [-0.15, -0.1) is 0 Å². The lowest BCUT2D eigenvalue weighted by Gasteiger charge is -2.07. The molecule has 18 heavy (non-hydrogen) atoms. The average molecular weight is 250 g/mol. The maximum absolute atomic E-state index is 11.5. The Morgan fingerprint density at radius 1 is 1.44 bits per heavy atom. The van der Waals surface area contributed by atoms with Crippen molar-refractivity contribution in [2.75, 3.05) is 6.54 Å². The highest BCUT2D eigenvalue weighted by Gasteiger charge is 2.10. The molecule has 0 aliphatic rings. The molecule has 1 aromatic heterocycles. The summed E-state index contributed by atoms with van der Waals surface area (Å²) in [5, 5.41) is 11.4. The van der Waals surface area contributed by atoms with Gasteiger partial charge < -0.3 is 10.4 Å². The molecule has 1 heterocycles. The summed E-state index contributed by atoms with van der Waals surface area (Å²) < 4.78 is 0. The zero-order valence-electron chi connectivity index (χ0n) is 10.4. The van der Waals surface area contributed by atoms with Crippen LogP contribution in [0.5, 0.6) is 0 Å². The molecule has 0 aliphatic carbocycles. The van der Waals surface area contributed by atoms with Gasteiger partial charge in [0.25, 0.3) is 0 Å². The molecule has 0 fully saturated rings. The summed E-state index contributed by atoms with van der Waals surface area (Å²) in [5.41, 5.74) is 0.730. The van der Waals surface area contributed by atoms with Crippen LogP contribution in [0.3, 0.4) is 0 Å². The maximum atomic E-state index is 11.5. The molecule has 98 valence electrons. The van der Waals surface area contributed by atoms with E-state index < -0.39 is 5.97 Å². The summed E-state index contributed by atoms with van der Waals surface area (Å²) >= 11 is 0.